The quantitative estimate of drug-likeness (QED) is 0.430. The number of sulfonamides is 1. The van der Waals surface area contributed by atoms with Gasteiger partial charge in [-0.3, -0.25) is 0 Å². The minimum absolute atomic E-state index is 0.0206. The van der Waals surface area contributed by atoms with Gasteiger partial charge < -0.3 is 20.3 Å². The highest BCUT2D eigenvalue weighted by molar-refractivity contribution is 7.89. The topological polar surface area (TPSA) is 125 Å². The van der Waals surface area contributed by atoms with E-state index in [1.165, 1.54) is 19.2 Å². The van der Waals surface area contributed by atoms with Crippen LogP contribution in [-0.4, -0.2) is 58.0 Å². The van der Waals surface area contributed by atoms with Crippen molar-refractivity contribution >= 4 is 21.7 Å². The number of aromatic carboxylic acids is 1. The molecule has 0 aliphatic carbocycles. The molecule has 0 saturated carbocycles. The third-order valence-corrected chi connectivity index (χ3v) is 4.46. The van der Waals surface area contributed by atoms with Crippen molar-refractivity contribution in [3.63, 3.8) is 0 Å². The van der Waals surface area contributed by atoms with Crippen molar-refractivity contribution in [2.24, 2.45) is 0 Å². The minimum atomic E-state index is -3.78. The zero-order valence-corrected chi connectivity index (χ0v) is 13.7. The van der Waals surface area contributed by atoms with Gasteiger partial charge in [-0.1, -0.05) is 0 Å². The molecule has 0 fully saturated rings. The Morgan fingerprint density at radius 1 is 1.26 bits per heavy atom. The highest BCUT2D eigenvalue weighted by atomic mass is 32.2. The van der Waals surface area contributed by atoms with Gasteiger partial charge in [0.15, 0.2) is 0 Å². The maximum absolute atomic E-state index is 12.1. The Morgan fingerprint density at radius 3 is 2.61 bits per heavy atom. The molecule has 1 aromatic carbocycles. The minimum Gasteiger partial charge on any atom is -0.478 e. The highest BCUT2D eigenvalue weighted by Gasteiger charge is 2.18. The summed E-state index contributed by atoms with van der Waals surface area (Å²) in [5, 5.41) is 20.8. The molecule has 0 spiro atoms. The number of ether oxygens (including phenoxy) is 1. The zero-order valence-electron chi connectivity index (χ0n) is 12.9. The van der Waals surface area contributed by atoms with Gasteiger partial charge in [-0.25, -0.2) is 17.9 Å². The van der Waals surface area contributed by atoms with Crippen LogP contribution in [-0.2, 0) is 14.8 Å². The number of carbonyl (C=O) groups is 1. The summed E-state index contributed by atoms with van der Waals surface area (Å²) in [6, 6.07) is 3.86. The fraction of sp³-hybridized carbons (Fsp3) is 0.500. The Hall–Kier alpha value is -1.68. The average molecular weight is 346 g/mol. The first-order valence-electron chi connectivity index (χ1n) is 7.13. The van der Waals surface area contributed by atoms with Crippen molar-refractivity contribution in [1.82, 2.24) is 4.72 Å². The van der Waals surface area contributed by atoms with Crippen LogP contribution < -0.4 is 10.0 Å². The van der Waals surface area contributed by atoms with E-state index in [4.69, 9.17) is 9.84 Å². The molecule has 0 aliphatic rings. The third-order valence-electron chi connectivity index (χ3n) is 3.00. The Morgan fingerprint density at radius 2 is 2.00 bits per heavy atom. The van der Waals surface area contributed by atoms with Crippen LogP contribution in [0, 0.1) is 0 Å². The summed E-state index contributed by atoms with van der Waals surface area (Å²) in [4.78, 5) is 11.2. The zero-order chi connectivity index (χ0) is 17.3. The fourth-order valence-corrected chi connectivity index (χ4v) is 2.93. The summed E-state index contributed by atoms with van der Waals surface area (Å²) in [5.41, 5.74) is 0.173. The predicted octanol–water partition coefficient (Wildman–Crippen LogP) is 0.494. The van der Waals surface area contributed by atoms with Crippen molar-refractivity contribution in [3.05, 3.63) is 23.8 Å². The first kappa shape index (κ1) is 19.4. The van der Waals surface area contributed by atoms with Gasteiger partial charge in [0.2, 0.25) is 10.0 Å². The van der Waals surface area contributed by atoms with Crippen LogP contribution in [0.3, 0.4) is 0 Å². The largest absolute Gasteiger partial charge is 0.478 e. The van der Waals surface area contributed by atoms with E-state index in [-0.39, 0.29) is 23.6 Å². The molecule has 0 radical (unpaired) electrons. The van der Waals surface area contributed by atoms with E-state index < -0.39 is 16.0 Å². The summed E-state index contributed by atoms with van der Waals surface area (Å²) < 4.78 is 31.5. The molecule has 0 aliphatic heterocycles. The number of benzene rings is 1. The van der Waals surface area contributed by atoms with Crippen LogP contribution in [0.15, 0.2) is 23.1 Å². The van der Waals surface area contributed by atoms with Gasteiger partial charge in [-0.15, -0.1) is 0 Å². The third kappa shape index (κ3) is 6.14. The molecule has 8 nitrogen and oxygen atoms in total. The van der Waals surface area contributed by atoms with Crippen molar-refractivity contribution in [3.8, 4) is 0 Å². The van der Waals surface area contributed by atoms with Gasteiger partial charge in [-0.2, -0.15) is 0 Å². The number of aliphatic hydroxyl groups is 1. The summed E-state index contributed by atoms with van der Waals surface area (Å²) in [5.74, 6) is -1.23. The van der Waals surface area contributed by atoms with Crippen LogP contribution >= 0.6 is 0 Å². The lowest BCUT2D eigenvalue weighted by Crippen LogP contribution is -2.26. The average Bonchev–Trinajstić information content (AvgIpc) is 2.52. The smallest absolute Gasteiger partial charge is 0.337 e. The summed E-state index contributed by atoms with van der Waals surface area (Å²) in [7, 11) is -2.25. The van der Waals surface area contributed by atoms with Crippen molar-refractivity contribution in [2.75, 3.05) is 38.7 Å². The number of hydrogen-bond acceptors (Lipinski definition) is 6. The van der Waals surface area contributed by atoms with Gasteiger partial charge in [0.05, 0.1) is 10.5 Å². The first-order valence-corrected chi connectivity index (χ1v) is 8.61. The molecular formula is C14H22N2O6S. The molecule has 0 aromatic heterocycles. The molecule has 0 saturated heterocycles. The molecular weight excluding hydrogens is 324 g/mol. The number of aliphatic hydroxyl groups excluding tert-OH is 1. The van der Waals surface area contributed by atoms with Crippen LogP contribution in [0.1, 0.15) is 23.2 Å². The molecule has 23 heavy (non-hydrogen) atoms. The molecule has 0 amide bonds. The highest BCUT2D eigenvalue weighted by Crippen LogP contribution is 2.20. The Kier molecular flexibility index (Phi) is 7.96. The van der Waals surface area contributed by atoms with E-state index in [9.17, 15) is 18.3 Å². The van der Waals surface area contributed by atoms with Crippen molar-refractivity contribution < 1.29 is 28.2 Å². The van der Waals surface area contributed by atoms with E-state index in [1.54, 1.807) is 0 Å². The molecule has 0 bridgehead atoms. The second kappa shape index (κ2) is 9.46. The molecule has 0 atom stereocenters. The number of nitrogens with one attached hydrogen (secondary N) is 2. The molecule has 0 unspecified atom stereocenters. The SMILES string of the molecule is COCCCNS(=O)(=O)c1ccc(NCCCO)c(C(=O)O)c1. The Balaban J connectivity index is 2.91. The number of methoxy groups -OCH3 is 1. The van der Waals surface area contributed by atoms with Gasteiger partial charge in [0, 0.05) is 39.1 Å². The summed E-state index contributed by atoms with van der Waals surface area (Å²) in [6.45, 7) is 0.997. The second-order valence-corrected chi connectivity index (χ2v) is 6.53. The van der Waals surface area contributed by atoms with E-state index in [0.717, 1.165) is 6.07 Å². The number of rotatable bonds is 11. The monoisotopic (exact) mass is 346 g/mol. The Bertz CT molecular complexity index is 618. The van der Waals surface area contributed by atoms with Crippen molar-refractivity contribution in [1.29, 1.82) is 0 Å². The second-order valence-electron chi connectivity index (χ2n) is 4.76. The molecule has 0 heterocycles. The lowest BCUT2D eigenvalue weighted by molar-refractivity contribution is 0.0697. The number of carboxylic acid groups (broad SMARTS) is 1. The summed E-state index contributed by atoms with van der Waals surface area (Å²) in [6.07, 6.45) is 0.975. The molecule has 1 rings (SSSR count). The fourth-order valence-electron chi connectivity index (χ4n) is 1.83. The van der Waals surface area contributed by atoms with Gasteiger partial charge in [0.25, 0.3) is 0 Å². The number of hydrogen-bond donors (Lipinski definition) is 4. The molecule has 9 heteroatoms. The normalized spacial score (nSPS) is 11.4. The Labute approximate surface area is 135 Å². The standard InChI is InChI=1S/C14H22N2O6S/c1-22-9-3-7-16-23(20,21)11-4-5-13(15-6-2-8-17)12(10-11)14(18)19/h4-5,10,15-17H,2-3,6-9H2,1H3,(H,18,19). The summed E-state index contributed by atoms with van der Waals surface area (Å²) >= 11 is 0. The lowest BCUT2D eigenvalue weighted by atomic mass is 10.2. The van der Waals surface area contributed by atoms with Crippen LogP contribution in [0.5, 0.6) is 0 Å². The van der Waals surface area contributed by atoms with Gasteiger partial charge in [0.1, 0.15) is 0 Å². The lowest BCUT2D eigenvalue weighted by Gasteiger charge is -2.12. The van der Waals surface area contributed by atoms with Crippen molar-refractivity contribution in [2.45, 2.75) is 17.7 Å². The molecule has 4 N–H and O–H groups in total. The van der Waals surface area contributed by atoms with Crippen LogP contribution in [0.4, 0.5) is 5.69 Å². The van der Waals surface area contributed by atoms with Crippen LogP contribution in [0.25, 0.3) is 0 Å². The maximum Gasteiger partial charge on any atom is 0.337 e. The van der Waals surface area contributed by atoms with E-state index in [1.807, 2.05) is 0 Å². The van der Waals surface area contributed by atoms with Gasteiger partial charge >= 0.3 is 5.97 Å². The van der Waals surface area contributed by atoms with E-state index in [2.05, 4.69) is 10.0 Å². The number of anilines is 1. The number of carboxylic acids is 1. The maximum atomic E-state index is 12.1. The van der Waals surface area contributed by atoms with E-state index >= 15 is 0 Å². The van der Waals surface area contributed by atoms with Gasteiger partial charge in [-0.05, 0) is 31.0 Å². The molecule has 130 valence electrons. The predicted molar refractivity (Wildman–Crippen MR) is 85.3 cm³/mol. The van der Waals surface area contributed by atoms with E-state index in [0.29, 0.717) is 31.7 Å². The van der Waals surface area contributed by atoms with Crippen LogP contribution in [0.2, 0.25) is 0 Å². The first-order chi connectivity index (χ1) is 10.9. The molecule has 1 aromatic rings.